The molecule has 2 aromatic carbocycles. The minimum atomic E-state index is -0.425. The van der Waals surface area contributed by atoms with Gasteiger partial charge in [0.05, 0.1) is 22.7 Å². The van der Waals surface area contributed by atoms with E-state index in [0.717, 1.165) is 0 Å². The number of anilines is 2. The number of carbonyl (C=O) groups excluding carboxylic acids is 2. The number of nitrogens with one attached hydrogen (secondary N) is 1. The zero-order valence-electron chi connectivity index (χ0n) is 11.2. The highest BCUT2D eigenvalue weighted by Crippen LogP contribution is 2.24. The first-order chi connectivity index (χ1) is 10.0. The van der Waals surface area contributed by atoms with Crippen LogP contribution in [-0.2, 0) is 4.74 Å². The summed E-state index contributed by atoms with van der Waals surface area (Å²) in [6, 6.07) is 11.5. The van der Waals surface area contributed by atoms with Gasteiger partial charge >= 0.3 is 5.97 Å². The smallest absolute Gasteiger partial charge is 0.337 e. The van der Waals surface area contributed by atoms with Gasteiger partial charge in [-0.2, -0.15) is 0 Å². The number of nitrogens with two attached hydrogens (primary N) is 1. The molecule has 108 valence electrons. The number of amides is 1. The van der Waals surface area contributed by atoms with Crippen LogP contribution in [0.15, 0.2) is 46.9 Å². The second kappa shape index (κ2) is 6.41. The molecular formula is C15H13BrN2O3. The van der Waals surface area contributed by atoms with Crippen molar-refractivity contribution in [1.82, 2.24) is 0 Å². The zero-order chi connectivity index (χ0) is 15.4. The third-order valence-corrected chi connectivity index (χ3v) is 3.72. The van der Waals surface area contributed by atoms with Crippen molar-refractivity contribution in [1.29, 1.82) is 0 Å². The van der Waals surface area contributed by atoms with Gasteiger partial charge in [-0.1, -0.05) is 6.07 Å². The fraction of sp³-hybridized carbons (Fsp3) is 0.0667. The fourth-order valence-electron chi connectivity index (χ4n) is 1.73. The number of nitrogen functional groups attached to an aromatic ring is 1. The van der Waals surface area contributed by atoms with Crippen LogP contribution in [-0.4, -0.2) is 19.0 Å². The summed E-state index contributed by atoms with van der Waals surface area (Å²) >= 11 is 3.29. The third-order valence-electron chi connectivity index (χ3n) is 2.84. The van der Waals surface area contributed by atoms with Crippen molar-refractivity contribution in [2.24, 2.45) is 0 Å². The second-order valence-corrected chi connectivity index (χ2v) is 5.02. The molecule has 0 aliphatic heterocycles. The Morgan fingerprint density at radius 2 is 1.81 bits per heavy atom. The second-order valence-electron chi connectivity index (χ2n) is 4.23. The number of benzene rings is 2. The lowest BCUT2D eigenvalue weighted by Gasteiger charge is -2.08. The summed E-state index contributed by atoms with van der Waals surface area (Å²) in [6.45, 7) is 0. The Morgan fingerprint density at radius 3 is 2.43 bits per heavy atom. The molecule has 0 heterocycles. The Kier molecular flexibility index (Phi) is 4.59. The number of carbonyl (C=O) groups is 2. The van der Waals surface area contributed by atoms with Crippen LogP contribution in [0.5, 0.6) is 0 Å². The van der Waals surface area contributed by atoms with Gasteiger partial charge < -0.3 is 15.8 Å². The van der Waals surface area contributed by atoms with Gasteiger partial charge in [-0.3, -0.25) is 4.79 Å². The van der Waals surface area contributed by atoms with Gasteiger partial charge in [0.25, 0.3) is 5.91 Å². The summed E-state index contributed by atoms with van der Waals surface area (Å²) in [7, 11) is 1.31. The van der Waals surface area contributed by atoms with E-state index in [0.29, 0.717) is 27.0 Å². The molecule has 21 heavy (non-hydrogen) atoms. The summed E-state index contributed by atoms with van der Waals surface area (Å²) in [5.41, 5.74) is 7.66. The third kappa shape index (κ3) is 3.41. The maximum Gasteiger partial charge on any atom is 0.337 e. The van der Waals surface area contributed by atoms with Crippen LogP contribution < -0.4 is 11.1 Å². The summed E-state index contributed by atoms with van der Waals surface area (Å²) in [5, 5.41) is 2.73. The van der Waals surface area contributed by atoms with Gasteiger partial charge in [0.15, 0.2) is 0 Å². The molecule has 2 rings (SSSR count). The van der Waals surface area contributed by atoms with Gasteiger partial charge in [-0.25, -0.2) is 4.79 Å². The highest BCUT2D eigenvalue weighted by molar-refractivity contribution is 9.10. The molecule has 1 amide bonds. The fourth-order valence-corrected chi connectivity index (χ4v) is 2.18. The van der Waals surface area contributed by atoms with Crippen LogP contribution in [0, 0.1) is 0 Å². The molecule has 0 unspecified atom stereocenters. The van der Waals surface area contributed by atoms with Crippen molar-refractivity contribution < 1.29 is 14.3 Å². The lowest BCUT2D eigenvalue weighted by Crippen LogP contribution is -2.13. The highest BCUT2D eigenvalue weighted by atomic mass is 79.9. The van der Waals surface area contributed by atoms with Crippen LogP contribution in [0.3, 0.4) is 0 Å². The molecule has 0 saturated heterocycles. The van der Waals surface area contributed by atoms with Crippen LogP contribution in [0.4, 0.5) is 11.4 Å². The van der Waals surface area contributed by atoms with Gasteiger partial charge in [0.1, 0.15) is 0 Å². The van der Waals surface area contributed by atoms with Crippen molar-refractivity contribution in [3.63, 3.8) is 0 Å². The summed E-state index contributed by atoms with van der Waals surface area (Å²) in [4.78, 5) is 23.5. The Bertz CT molecular complexity index is 684. The number of rotatable bonds is 3. The summed E-state index contributed by atoms with van der Waals surface area (Å²) in [5.74, 6) is -0.716. The van der Waals surface area contributed by atoms with Crippen molar-refractivity contribution in [3.05, 3.63) is 58.1 Å². The Hall–Kier alpha value is -2.34. The number of hydrogen-bond donors (Lipinski definition) is 2. The SMILES string of the molecule is COC(=O)c1ccc(NC(=O)c2cccc(N)c2Br)cc1. The molecular weight excluding hydrogens is 336 g/mol. The van der Waals surface area contributed by atoms with Gasteiger partial charge in [-0.05, 0) is 52.3 Å². The monoisotopic (exact) mass is 348 g/mol. The maximum absolute atomic E-state index is 12.2. The molecule has 0 bridgehead atoms. The van der Waals surface area contributed by atoms with E-state index < -0.39 is 5.97 Å². The first kappa shape index (κ1) is 15.1. The van der Waals surface area contributed by atoms with Crippen molar-refractivity contribution in [2.75, 3.05) is 18.2 Å². The van der Waals surface area contributed by atoms with E-state index in [1.54, 1.807) is 42.5 Å². The van der Waals surface area contributed by atoms with Crippen molar-refractivity contribution in [3.8, 4) is 0 Å². The number of ether oxygens (including phenoxy) is 1. The molecule has 0 spiro atoms. The molecule has 0 radical (unpaired) electrons. The summed E-state index contributed by atoms with van der Waals surface area (Å²) < 4.78 is 5.16. The van der Waals surface area contributed by atoms with Crippen molar-refractivity contribution in [2.45, 2.75) is 0 Å². The molecule has 0 aliphatic carbocycles. The van der Waals surface area contributed by atoms with Gasteiger partial charge in [-0.15, -0.1) is 0 Å². The molecule has 6 heteroatoms. The van der Waals surface area contributed by atoms with Crippen LogP contribution in [0.25, 0.3) is 0 Å². The van der Waals surface area contributed by atoms with Crippen LogP contribution in [0.1, 0.15) is 20.7 Å². The largest absolute Gasteiger partial charge is 0.465 e. The number of hydrogen-bond acceptors (Lipinski definition) is 4. The molecule has 0 aliphatic rings. The predicted octanol–water partition coefficient (Wildman–Crippen LogP) is 3.07. The van der Waals surface area contributed by atoms with Crippen molar-refractivity contribution >= 4 is 39.2 Å². The molecule has 0 fully saturated rings. The number of methoxy groups -OCH3 is 1. The maximum atomic E-state index is 12.2. The van der Waals surface area contributed by atoms with E-state index in [1.807, 2.05) is 0 Å². The zero-order valence-corrected chi connectivity index (χ0v) is 12.8. The summed E-state index contributed by atoms with van der Waals surface area (Å²) in [6.07, 6.45) is 0. The van der Waals surface area contributed by atoms with E-state index in [1.165, 1.54) is 7.11 Å². The minimum Gasteiger partial charge on any atom is -0.465 e. The van der Waals surface area contributed by atoms with E-state index in [4.69, 9.17) is 5.73 Å². The molecule has 0 saturated carbocycles. The van der Waals surface area contributed by atoms with E-state index in [-0.39, 0.29) is 5.91 Å². The quantitative estimate of drug-likeness (QED) is 0.659. The minimum absolute atomic E-state index is 0.292. The lowest BCUT2D eigenvalue weighted by atomic mass is 10.1. The average Bonchev–Trinajstić information content (AvgIpc) is 2.50. The van der Waals surface area contributed by atoms with Crippen LogP contribution in [0.2, 0.25) is 0 Å². The average molecular weight is 349 g/mol. The number of esters is 1. The first-order valence-corrected chi connectivity index (χ1v) is 6.86. The van der Waals surface area contributed by atoms with Gasteiger partial charge in [0.2, 0.25) is 0 Å². The topological polar surface area (TPSA) is 81.4 Å². The molecule has 0 aromatic heterocycles. The van der Waals surface area contributed by atoms with E-state index >= 15 is 0 Å². The normalized spacial score (nSPS) is 10.0. The van der Waals surface area contributed by atoms with E-state index in [9.17, 15) is 9.59 Å². The predicted molar refractivity (Wildman–Crippen MR) is 84.3 cm³/mol. The Morgan fingerprint density at radius 1 is 1.14 bits per heavy atom. The Balaban J connectivity index is 2.16. The van der Waals surface area contributed by atoms with Gasteiger partial charge in [0, 0.05) is 11.4 Å². The lowest BCUT2D eigenvalue weighted by molar-refractivity contribution is 0.0600. The molecule has 3 N–H and O–H groups in total. The molecule has 0 atom stereocenters. The first-order valence-electron chi connectivity index (χ1n) is 6.06. The van der Waals surface area contributed by atoms with E-state index in [2.05, 4.69) is 26.0 Å². The van der Waals surface area contributed by atoms with Crippen LogP contribution >= 0.6 is 15.9 Å². The standard InChI is InChI=1S/C15H13BrN2O3/c1-21-15(20)9-5-7-10(8-6-9)18-14(19)11-3-2-4-12(17)13(11)16/h2-8H,17H2,1H3,(H,18,19). The molecule has 2 aromatic rings. The number of halogens is 1. The Labute approximate surface area is 130 Å². The molecule has 5 nitrogen and oxygen atoms in total. The highest BCUT2D eigenvalue weighted by Gasteiger charge is 2.12.